The van der Waals surface area contributed by atoms with Crippen molar-refractivity contribution in [2.24, 2.45) is 11.7 Å². The Hall–Kier alpha value is -0.410. The Morgan fingerprint density at radius 2 is 2.00 bits per heavy atom. The van der Waals surface area contributed by atoms with Gasteiger partial charge in [0.25, 0.3) is 0 Å². The third-order valence-corrected chi connectivity index (χ3v) is 4.22. The summed E-state index contributed by atoms with van der Waals surface area (Å²) in [5, 5.41) is 0. The molecule has 2 rings (SSSR count). The Bertz CT molecular complexity index is 374. The van der Waals surface area contributed by atoms with Gasteiger partial charge in [-0.25, -0.2) is 4.39 Å². The zero-order valence-electron chi connectivity index (χ0n) is 9.96. The van der Waals surface area contributed by atoms with Crippen molar-refractivity contribution in [1.29, 1.82) is 0 Å². The van der Waals surface area contributed by atoms with Crippen LogP contribution in [0.4, 0.5) is 4.39 Å². The lowest BCUT2D eigenvalue weighted by molar-refractivity contribution is 0.302. The minimum atomic E-state index is -0.148. The molecule has 1 fully saturated rings. The topological polar surface area (TPSA) is 26.0 Å². The van der Waals surface area contributed by atoms with Gasteiger partial charge in [0.1, 0.15) is 5.82 Å². The van der Waals surface area contributed by atoms with Crippen LogP contribution in [0.1, 0.15) is 37.7 Å². The summed E-state index contributed by atoms with van der Waals surface area (Å²) in [7, 11) is 0. The predicted molar refractivity (Wildman–Crippen MR) is 72.4 cm³/mol. The lowest BCUT2D eigenvalue weighted by Crippen LogP contribution is -2.33. The standard InChI is InChI=1S/C14H19BrFN/c15-12-7-6-11(13(16)9-12)8-14(17)10-4-2-1-3-5-10/h6-7,9-10,14H,1-5,8,17H2. The molecule has 0 spiro atoms. The third kappa shape index (κ3) is 3.52. The molecule has 1 saturated carbocycles. The van der Waals surface area contributed by atoms with Gasteiger partial charge >= 0.3 is 0 Å². The van der Waals surface area contributed by atoms with Gasteiger partial charge in [0.2, 0.25) is 0 Å². The van der Waals surface area contributed by atoms with E-state index in [1.165, 1.54) is 38.2 Å². The summed E-state index contributed by atoms with van der Waals surface area (Å²) in [5.41, 5.74) is 6.95. The first-order valence-corrected chi connectivity index (χ1v) is 7.15. The number of benzene rings is 1. The molecule has 1 aliphatic rings. The predicted octanol–water partition coefficient (Wildman–Crippen LogP) is 4.04. The second-order valence-electron chi connectivity index (χ2n) is 5.00. The smallest absolute Gasteiger partial charge is 0.127 e. The van der Waals surface area contributed by atoms with Gasteiger partial charge in [-0.2, -0.15) is 0 Å². The van der Waals surface area contributed by atoms with Crippen molar-refractivity contribution in [3.05, 3.63) is 34.1 Å². The Labute approximate surface area is 111 Å². The molecule has 0 bridgehead atoms. The molecule has 0 aliphatic heterocycles. The number of hydrogen-bond acceptors (Lipinski definition) is 1. The van der Waals surface area contributed by atoms with E-state index in [2.05, 4.69) is 15.9 Å². The van der Waals surface area contributed by atoms with Crippen molar-refractivity contribution in [2.45, 2.75) is 44.6 Å². The molecule has 3 heteroatoms. The SMILES string of the molecule is NC(Cc1ccc(Br)cc1F)C1CCCCC1. The van der Waals surface area contributed by atoms with Crippen LogP contribution in [-0.2, 0) is 6.42 Å². The van der Waals surface area contributed by atoms with Gasteiger partial charge in [-0.3, -0.25) is 0 Å². The maximum Gasteiger partial charge on any atom is 0.127 e. The summed E-state index contributed by atoms with van der Waals surface area (Å²) in [4.78, 5) is 0. The van der Waals surface area contributed by atoms with Crippen LogP contribution in [0.3, 0.4) is 0 Å². The lowest BCUT2D eigenvalue weighted by atomic mass is 9.82. The second kappa shape index (κ2) is 5.96. The maximum atomic E-state index is 13.7. The molecule has 0 amide bonds. The molecule has 2 N–H and O–H groups in total. The molecule has 0 heterocycles. The average Bonchev–Trinajstić information content (AvgIpc) is 2.34. The molecule has 0 saturated heterocycles. The van der Waals surface area contributed by atoms with Crippen LogP contribution in [-0.4, -0.2) is 6.04 Å². The van der Waals surface area contributed by atoms with Gasteiger partial charge in [-0.05, 0) is 42.9 Å². The van der Waals surface area contributed by atoms with Gasteiger partial charge in [-0.15, -0.1) is 0 Å². The molecule has 1 aliphatic carbocycles. The minimum absolute atomic E-state index is 0.103. The van der Waals surface area contributed by atoms with E-state index in [4.69, 9.17) is 5.73 Å². The summed E-state index contributed by atoms with van der Waals surface area (Å²) in [6, 6.07) is 5.34. The summed E-state index contributed by atoms with van der Waals surface area (Å²) < 4.78 is 14.5. The third-order valence-electron chi connectivity index (χ3n) is 3.73. The van der Waals surface area contributed by atoms with Crippen molar-refractivity contribution in [3.63, 3.8) is 0 Å². The van der Waals surface area contributed by atoms with Crippen LogP contribution in [0.2, 0.25) is 0 Å². The molecule has 1 atom stereocenters. The molecule has 1 nitrogen and oxygen atoms in total. The summed E-state index contributed by atoms with van der Waals surface area (Å²) in [6.45, 7) is 0. The van der Waals surface area contributed by atoms with Gasteiger partial charge in [0.05, 0.1) is 0 Å². The fraction of sp³-hybridized carbons (Fsp3) is 0.571. The van der Waals surface area contributed by atoms with Crippen LogP contribution >= 0.6 is 15.9 Å². The van der Waals surface area contributed by atoms with E-state index in [0.29, 0.717) is 12.3 Å². The highest BCUT2D eigenvalue weighted by Gasteiger charge is 2.21. The largest absolute Gasteiger partial charge is 0.327 e. The first-order chi connectivity index (χ1) is 8.16. The van der Waals surface area contributed by atoms with E-state index >= 15 is 0 Å². The molecule has 0 aromatic heterocycles. The number of halogens is 2. The fourth-order valence-electron chi connectivity index (χ4n) is 2.67. The first kappa shape index (κ1) is 13.0. The van der Waals surface area contributed by atoms with E-state index < -0.39 is 0 Å². The zero-order chi connectivity index (χ0) is 12.3. The molecule has 94 valence electrons. The van der Waals surface area contributed by atoms with E-state index in [9.17, 15) is 4.39 Å². The van der Waals surface area contributed by atoms with Crippen LogP contribution in [0, 0.1) is 11.7 Å². The molecule has 1 unspecified atom stereocenters. The van der Waals surface area contributed by atoms with Crippen LogP contribution in [0.25, 0.3) is 0 Å². The highest BCUT2D eigenvalue weighted by atomic mass is 79.9. The number of rotatable bonds is 3. The average molecular weight is 300 g/mol. The van der Waals surface area contributed by atoms with E-state index in [1.807, 2.05) is 12.1 Å². The van der Waals surface area contributed by atoms with Crippen molar-refractivity contribution in [3.8, 4) is 0 Å². The molecule has 0 radical (unpaired) electrons. The maximum absolute atomic E-state index is 13.7. The van der Waals surface area contributed by atoms with E-state index in [0.717, 1.165) is 10.0 Å². The summed E-state index contributed by atoms with van der Waals surface area (Å²) in [6.07, 6.45) is 6.96. The highest BCUT2D eigenvalue weighted by Crippen LogP contribution is 2.27. The molecular formula is C14H19BrFN. The van der Waals surface area contributed by atoms with Gasteiger partial charge < -0.3 is 5.73 Å². The summed E-state index contributed by atoms with van der Waals surface area (Å²) in [5.74, 6) is 0.428. The quantitative estimate of drug-likeness (QED) is 0.896. The zero-order valence-corrected chi connectivity index (χ0v) is 11.5. The van der Waals surface area contributed by atoms with Gasteiger partial charge in [-0.1, -0.05) is 41.3 Å². The monoisotopic (exact) mass is 299 g/mol. The normalized spacial score (nSPS) is 19.2. The Balaban J connectivity index is 1.99. The van der Waals surface area contributed by atoms with E-state index in [-0.39, 0.29) is 11.9 Å². The van der Waals surface area contributed by atoms with Crippen LogP contribution in [0.15, 0.2) is 22.7 Å². The summed E-state index contributed by atoms with van der Waals surface area (Å²) >= 11 is 3.27. The Morgan fingerprint density at radius 3 is 2.65 bits per heavy atom. The first-order valence-electron chi connectivity index (χ1n) is 6.36. The van der Waals surface area contributed by atoms with Crippen LogP contribution < -0.4 is 5.73 Å². The molecular weight excluding hydrogens is 281 g/mol. The molecule has 1 aromatic carbocycles. The Morgan fingerprint density at radius 1 is 1.29 bits per heavy atom. The molecule has 17 heavy (non-hydrogen) atoms. The lowest BCUT2D eigenvalue weighted by Gasteiger charge is -2.27. The highest BCUT2D eigenvalue weighted by molar-refractivity contribution is 9.10. The number of hydrogen-bond donors (Lipinski definition) is 1. The Kier molecular flexibility index (Phi) is 4.57. The fourth-order valence-corrected chi connectivity index (χ4v) is 3.00. The second-order valence-corrected chi connectivity index (χ2v) is 5.92. The van der Waals surface area contributed by atoms with Crippen molar-refractivity contribution < 1.29 is 4.39 Å². The minimum Gasteiger partial charge on any atom is -0.327 e. The van der Waals surface area contributed by atoms with Crippen molar-refractivity contribution in [2.75, 3.05) is 0 Å². The van der Waals surface area contributed by atoms with Crippen LogP contribution in [0.5, 0.6) is 0 Å². The molecule has 1 aromatic rings. The van der Waals surface area contributed by atoms with Crippen molar-refractivity contribution >= 4 is 15.9 Å². The van der Waals surface area contributed by atoms with Gasteiger partial charge in [0.15, 0.2) is 0 Å². The van der Waals surface area contributed by atoms with Crippen molar-refractivity contribution in [1.82, 2.24) is 0 Å². The number of nitrogens with two attached hydrogens (primary N) is 1. The van der Waals surface area contributed by atoms with E-state index in [1.54, 1.807) is 0 Å². The van der Waals surface area contributed by atoms with Gasteiger partial charge in [0, 0.05) is 10.5 Å².